The highest BCUT2D eigenvalue weighted by atomic mass is 79.9. The van der Waals surface area contributed by atoms with Gasteiger partial charge in [0.15, 0.2) is 0 Å². The number of fused-ring (bicyclic) bond motifs is 1. The highest BCUT2D eigenvalue weighted by Crippen LogP contribution is 2.33. The van der Waals surface area contributed by atoms with Gasteiger partial charge in [0, 0.05) is 48.6 Å². The van der Waals surface area contributed by atoms with Crippen molar-refractivity contribution in [2.24, 2.45) is 0 Å². The predicted molar refractivity (Wildman–Crippen MR) is 82.7 cm³/mol. The monoisotopic (exact) mass is 321 g/mol. The molecule has 0 bridgehead atoms. The van der Waals surface area contributed by atoms with Crippen LogP contribution in [0.1, 0.15) is 24.2 Å². The molecule has 2 aromatic heterocycles. The molecule has 4 heteroatoms. The first-order chi connectivity index (χ1) is 9.20. The molecule has 1 aliphatic heterocycles. The molecule has 3 heterocycles. The standard InChI is InChI=1S/C15H20BrN3/c1-11-14(16)13-5-3-4-8-19(13)15(11)12(2)18-9-6-17-7-10-18/h3-5,8,12,17H,6-7,9-10H2,1-2H3. The Labute approximate surface area is 122 Å². The lowest BCUT2D eigenvalue weighted by molar-refractivity contribution is 0.181. The van der Waals surface area contributed by atoms with Crippen LogP contribution >= 0.6 is 15.9 Å². The van der Waals surface area contributed by atoms with E-state index in [0.29, 0.717) is 6.04 Å². The number of rotatable bonds is 2. The second-order valence-electron chi connectivity index (χ2n) is 5.24. The molecule has 102 valence electrons. The van der Waals surface area contributed by atoms with E-state index in [1.165, 1.54) is 21.2 Å². The lowest BCUT2D eigenvalue weighted by atomic mass is 10.1. The van der Waals surface area contributed by atoms with Crippen molar-refractivity contribution < 1.29 is 0 Å². The zero-order chi connectivity index (χ0) is 13.4. The van der Waals surface area contributed by atoms with Gasteiger partial charge in [0.2, 0.25) is 0 Å². The van der Waals surface area contributed by atoms with Crippen LogP contribution in [0.2, 0.25) is 0 Å². The lowest BCUT2D eigenvalue weighted by Crippen LogP contribution is -2.44. The summed E-state index contributed by atoms with van der Waals surface area (Å²) in [7, 11) is 0. The molecule has 1 N–H and O–H groups in total. The first kappa shape index (κ1) is 13.2. The zero-order valence-corrected chi connectivity index (χ0v) is 13.1. The van der Waals surface area contributed by atoms with E-state index < -0.39 is 0 Å². The normalized spacial score (nSPS) is 18.9. The average Bonchev–Trinajstić information content (AvgIpc) is 2.72. The van der Waals surface area contributed by atoms with Gasteiger partial charge in [-0.25, -0.2) is 0 Å². The van der Waals surface area contributed by atoms with E-state index >= 15 is 0 Å². The average molecular weight is 322 g/mol. The summed E-state index contributed by atoms with van der Waals surface area (Å²) in [5, 5.41) is 3.42. The van der Waals surface area contributed by atoms with E-state index in [4.69, 9.17) is 0 Å². The molecule has 1 saturated heterocycles. The van der Waals surface area contributed by atoms with Crippen LogP contribution in [-0.2, 0) is 0 Å². The Bertz CT molecular complexity index is 584. The molecule has 3 nitrogen and oxygen atoms in total. The smallest absolute Gasteiger partial charge is 0.0598 e. The number of nitrogens with zero attached hydrogens (tertiary/aromatic N) is 2. The molecule has 19 heavy (non-hydrogen) atoms. The minimum absolute atomic E-state index is 0.448. The number of nitrogens with one attached hydrogen (secondary N) is 1. The first-order valence-electron chi connectivity index (χ1n) is 6.90. The summed E-state index contributed by atoms with van der Waals surface area (Å²) in [6.45, 7) is 8.96. The predicted octanol–water partition coefficient (Wildman–Crippen LogP) is 2.98. The number of piperazine rings is 1. The van der Waals surface area contributed by atoms with Crippen molar-refractivity contribution in [1.82, 2.24) is 14.6 Å². The Morgan fingerprint density at radius 2 is 2.00 bits per heavy atom. The fourth-order valence-corrected chi connectivity index (χ4v) is 3.60. The molecule has 1 fully saturated rings. The van der Waals surface area contributed by atoms with E-state index in [0.717, 1.165) is 26.2 Å². The van der Waals surface area contributed by atoms with E-state index in [2.05, 4.69) is 68.8 Å². The second kappa shape index (κ2) is 5.27. The summed E-state index contributed by atoms with van der Waals surface area (Å²) in [5.41, 5.74) is 4.03. The highest BCUT2D eigenvalue weighted by Gasteiger charge is 2.23. The maximum absolute atomic E-state index is 3.74. The number of hydrogen-bond acceptors (Lipinski definition) is 2. The Hall–Kier alpha value is -0.840. The van der Waals surface area contributed by atoms with Gasteiger partial charge in [-0.2, -0.15) is 0 Å². The van der Waals surface area contributed by atoms with Crippen molar-refractivity contribution in [2.45, 2.75) is 19.9 Å². The van der Waals surface area contributed by atoms with Gasteiger partial charge in [-0.3, -0.25) is 4.90 Å². The van der Waals surface area contributed by atoms with Gasteiger partial charge in [-0.15, -0.1) is 0 Å². The summed E-state index contributed by atoms with van der Waals surface area (Å²) < 4.78 is 3.55. The molecule has 0 amide bonds. The molecule has 2 aromatic rings. The molecule has 1 atom stereocenters. The minimum Gasteiger partial charge on any atom is -0.318 e. The molecule has 0 aromatic carbocycles. The van der Waals surface area contributed by atoms with Crippen molar-refractivity contribution in [3.05, 3.63) is 40.1 Å². The quantitative estimate of drug-likeness (QED) is 0.917. The van der Waals surface area contributed by atoms with Crippen LogP contribution in [0.5, 0.6) is 0 Å². The van der Waals surface area contributed by atoms with Crippen molar-refractivity contribution in [2.75, 3.05) is 26.2 Å². The summed E-state index contributed by atoms with van der Waals surface area (Å²) >= 11 is 3.74. The van der Waals surface area contributed by atoms with Gasteiger partial charge in [0.1, 0.15) is 0 Å². The third kappa shape index (κ3) is 2.22. The maximum Gasteiger partial charge on any atom is 0.0598 e. The number of halogens is 1. The second-order valence-corrected chi connectivity index (χ2v) is 6.04. The molecular weight excluding hydrogens is 302 g/mol. The van der Waals surface area contributed by atoms with Crippen molar-refractivity contribution >= 4 is 21.4 Å². The molecule has 1 unspecified atom stereocenters. The fourth-order valence-electron chi connectivity index (χ4n) is 3.07. The molecule has 0 aliphatic carbocycles. The van der Waals surface area contributed by atoms with E-state index in [1.807, 2.05) is 0 Å². The van der Waals surface area contributed by atoms with Crippen LogP contribution in [0, 0.1) is 6.92 Å². The molecule has 1 aliphatic rings. The van der Waals surface area contributed by atoms with Gasteiger partial charge >= 0.3 is 0 Å². The van der Waals surface area contributed by atoms with Crippen LogP contribution in [-0.4, -0.2) is 35.5 Å². The Kier molecular flexibility index (Phi) is 3.65. The summed E-state index contributed by atoms with van der Waals surface area (Å²) in [6.07, 6.45) is 2.17. The SMILES string of the molecule is Cc1c(Br)c2ccccn2c1C(C)N1CCNCC1. The summed E-state index contributed by atoms with van der Waals surface area (Å²) in [4.78, 5) is 2.56. The molecule has 0 spiro atoms. The Morgan fingerprint density at radius 1 is 1.26 bits per heavy atom. The summed E-state index contributed by atoms with van der Waals surface area (Å²) in [5.74, 6) is 0. The van der Waals surface area contributed by atoms with Gasteiger partial charge < -0.3 is 9.72 Å². The Balaban J connectivity index is 2.06. The van der Waals surface area contributed by atoms with Crippen LogP contribution < -0.4 is 5.32 Å². The summed E-state index contributed by atoms with van der Waals surface area (Å²) in [6, 6.07) is 6.82. The number of hydrogen-bond donors (Lipinski definition) is 1. The minimum atomic E-state index is 0.448. The third-order valence-electron chi connectivity index (χ3n) is 4.15. The van der Waals surface area contributed by atoms with Crippen LogP contribution in [0.4, 0.5) is 0 Å². The lowest BCUT2D eigenvalue weighted by Gasteiger charge is -2.33. The largest absolute Gasteiger partial charge is 0.318 e. The number of pyridine rings is 1. The van der Waals surface area contributed by atoms with Crippen molar-refractivity contribution in [3.8, 4) is 0 Å². The van der Waals surface area contributed by atoms with Crippen molar-refractivity contribution in [3.63, 3.8) is 0 Å². The Morgan fingerprint density at radius 3 is 2.74 bits per heavy atom. The maximum atomic E-state index is 3.74. The van der Waals surface area contributed by atoms with E-state index in [9.17, 15) is 0 Å². The molecule has 3 rings (SSSR count). The van der Waals surface area contributed by atoms with Crippen LogP contribution in [0.3, 0.4) is 0 Å². The van der Waals surface area contributed by atoms with Crippen molar-refractivity contribution in [1.29, 1.82) is 0 Å². The van der Waals surface area contributed by atoms with Crippen LogP contribution in [0.15, 0.2) is 28.9 Å². The van der Waals surface area contributed by atoms with E-state index in [1.54, 1.807) is 0 Å². The van der Waals surface area contributed by atoms with Crippen LogP contribution in [0.25, 0.3) is 5.52 Å². The molecule has 0 saturated carbocycles. The zero-order valence-electron chi connectivity index (χ0n) is 11.5. The fraction of sp³-hybridized carbons (Fsp3) is 0.467. The number of aromatic nitrogens is 1. The van der Waals surface area contributed by atoms with Gasteiger partial charge in [0.25, 0.3) is 0 Å². The topological polar surface area (TPSA) is 19.7 Å². The van der Waals surface area contributed by atoms with Gasteiger partial charge in [-0.05, 0) is 47.5 Å². The molecular formula is C15H20BrN3. The molecule has 0 radical (unpaired) electrons. The highest BCUT2D eigenvalue weighted by molar-refractivity contribution is 9.10. The van der Waals surface area contributed by atoms with Gasteiger partial charge in [0.05, 0.1) is 5.52 Å². The first-order valence-corrected chi connectivity index (χ1v) is 7.69. The van der Waals surface area contributed by atoms with E-state index in [-0.39, 0.29) is 0 Å². The third-order valence-corrected chi connectivity index (χ3v) is 5.15. The van der Waals surface area contributed by atoms with Gasteiger partial charge in [-0.1, -0.05) is 6.07 Å².